The van der Waals surface area contributed by atoms with Crippen molar-refractivity contribution in [2.45, 2.75) is 90.0 Å². The van der Waals surface area contributed by atoms with Gasteiger partial charge in [-0.3, -0.25) is 4.55 Å². The first kappa shape index (κ1) is 24.1. The fourth-order valence-electron chi connectivity index (χ4n) is 2.39. The molecule has 0 aliphatic carbocycles. The van der Waals surface area contributed by atoms with E-state index in [1.54, 1.807) is 0 Å². The molecule has 0 rings (SSSR count). The zero-order valence-corrected chi connectivity index (χ0v) is 16.8. The molecule has 0 aliphatic heterocycles. The SMILES string of the molecule is CCCCCCCCCCCC(N)CCCS(=O)(=O)O.[H-].[Na+]. The molecule has 0 spiro atoms. The molecule has 0 amide bonds. The van der Waals surface area contributed by atoms with E-state index in [2.05, 4.69) is 6.92 Å². The molecule has 0 saturated heterocycles. The van der Waals surface area contributed by atoms with Crippen LogP contribution in [0.25, 0.3) is 0 Å². The van der Waals surface area contributed by atoms with Gasteiger partial charge < -0.3 is 7.16 Å². The van der Waals surface area contributed by atoms with Gasteiger partial charge in [-0.15, -0.1) is 0 Å². The molecule has 0 radical (unpaired) electrons. The van der Waals surface area contributed by atoms with Crippen LogP contribution >= 0.6 is 0 Å². The molecule has 124 valence electrons. The van der Waals surface area contributed by atoms with Crippen molar-refractivity contribution in [2.24, 2.45) is 5.73 Å². The molecular weight excluding hydrogens is 297 g/mol. The molecule has 0 bridgehead atoms. The van der Waals surface area contributed by atoms with Crippen LogP contribution in [0.3, 0.4) is 0 Å². The molecule has 0 fully saturated rings. The van der Waals surface area contributed by atoms with Crippen LogP contribution in [0.1, 0.15) is 85.4 Å². The van der Waals surface area contributed by atoms with Crippen molar-refractivity contribution in [3.8, 4) is 0 Å². The van der Waals surface area contributed by atoms with E-state index in [1.807, 2.05) is 0 Å². The van der Waals surface area contributed by atoms with Crippen molar-refractivity contribution < 1.29 is 44.0 Å². The zero-order valence-electron chi connectivity index (χ0n) is 15.0. The first-order valence-electron chi connectivity index (χ1n) is 8.16. The van der Waals surface area contributed by atoms with Gasteiger partial charge in [0.2, 0.25) is 0 Å². The summed E-state index contributed by atoms with van der Waals surface area (Å²) in [6.07, 6.45) is 13.8. The second-order valence-electron chi connectivity index (χ2n) is 5.81. The molecule has 1 atom stereocenters. The van der Waals surface area contributed by atoms with Crippen LogP contribution < -0.4 is 35.3 Å². The molecule has 0 aromatic heterocycles. The summed E-state index contributed by atoms with van der Waals surface area (Å²) in [6.45, 7) is 2.24. The van der Waals surface area contributed by atoms with Crippen molar-refractivity contribution >= 4 is 10.1 Å². The van der Waals surface area contributed by atoms with Crippen molar-refractivity contribution in [3.05, 3.63) is 0 Å². The molecule has 4 nitrogen and oxygen atoms in total. The van der Waals surface area contributed by atoms with E-state index in [9.17, 15) is 8.42 Å². The van der Waals surface area contributed by atoms with Gasteiger partial charge in [-0.05, 0) is 19.3 Å². The van der Waals surface area contributed by atoms with Gasteiger partial charge in [0, 0.05) is 6.04 Å². The largest absolute Gasteiger partial charge is 1.00 e. The van der Waals surface area contributed by atoms with Gasteiger partial charge in [-0.1, -0.05) is 64.7 Å². The zero-order chi connectivity index (χ0) is 15.3. The van der Waals surface area contributed by atoms with Gasteiger partial charge in [0.05, 0.1) is 5.75 Å². The quantitative estimate of drug-likeness (QED) is 0.283. The van der Waals surface area contributed by atoms with Crippen molar-refractivity contribution in [1.82, 2.24) is 0 Å². The maximum absolute atomic E-state index is 10.6. The molecule has 0 heterocycles. The molecule has 21 heavy (non-hydrogen) atoms. The Balaban J connectivity index is -0.00000180. The van der Waals surface area contributed by atoms with E-state index in [0.717, 1.165) is 12.8 Å². The van der Waals surface area contributed by atoms with E-state index in [4.69, 9.17) is 10.3 Å². The summed E-state index contributed by atoms with van der Waals surface area (Å²) in [7, 11) is -3.82. The Hall–Kier alpha value is 0.870. The topological polar surface area (TPSA) is 80.4 Å². The third-order valence-corrected chi connectivity index (χ3v) is 4.46. The average molecular weight is 331 g/mol. The summed E-state index contributed by atoms with van der Waals surface area (Å²) in [5.74, 6) is -0.168. The molecule has 3 N–H and O–H groups in total. The van der Waals surface area contributed by atoms with Crippen LogP contribution in [0.2, 0.25) is 0 Å². The van der Waals surface area contributed by atoms with Crippen molar-refractivity contribution in [2.75, 3.05) is 5.75 Å². The van der Waals surface area contributed by atoms with Crippen LogP contribution in [0.5, 0.6) is 0 Å². The van der Waals surface area contributed by atoms with Gasteiger partial charge in [0.15, 0.2) is 0 Å². The van der Waals surface area contributed by atoms with Gasteiger partial charge >= 0.3 is 29.6 Å². The number of hydrogen-bond donors (Lipinski definition) is 2. The monoisotopic (exact) mass is 331 g/mol. The van der Waals surface area contributed by atoms with Crippen molar-refractivity contribution in [1.29, 1.82) is 0 Å². The van der Waals surface area contributed by atoms with Gasteiger partial charge in [-0.25, -0.2) is 0 Å². The maximum Gasteiger partial charge on any atom is 1.00 e. The minimum absolute atomic E-state index is 0. The Morgan fingerprint density at radius 3 is 1.81 bits per heavy atom. The summed E-state index contributed by atoms with van der Waals surface area (Å²) >= 11 is 0. The van der Waals surface area contributed by atoms with Crippen LogP contribution in [-0.2, 0) is 10.1 Å². The average Bonchev–Trinajstić information content (AvgIpc) is 2.35. The van der Waals surface area contributed by atoms with E-state index in [-0.39, 0.29) is 42.8 Å². The Labute approximate surface area is 155 Å². The Morgan fingerprint density at radius 1 is 0.905 bits per heavy atom. The molecule has 0 saturated carbocycles. The van der Waals surface area contributed by atoms with Crippen LogP contribution in [0.4, 0.5) is 0 Å². The fraction of sp³-hybridized carbons (Fsp3) is 1.00. The first-order valence-corrected chi connectivity index (χ1v) is 9.77. The maximum atomic E-state index is 10.6. The number of hydrogen-bond acceptors (Lipinski definition) is 3. The summed E-state index contributed by atoms with van der Waals surface area (Å²) in [4.78, 5) is 0. The van der Waals surface area contributed by atoms with E-state index in [1.165, 1.54) is 51.4 Å². The molecular formula is C15H34NNaO3S. The fourth-order valence-corrected chi connectivity index (χ4v) is 2.92. The standard InChI is InChI=1S/C15H33NO3S.Na.H/c1-2-3-4-5-6-7-8-9-10-12-15(16)13-11-14-20(17,18)19;;/h15H,2-14,16H2,1H3,(H,17,18,19);;/q;+1;-1. The summed E-state index contributed by atoms with van der Waals surface area (Å²) < 4.78 is 29.7. The predicted molar refractivity (Wildman–Crippen MR) is 86.6 cm³/mol. The van der Waals surface area contributed by atoms with E-state index >= 15 is 0 Å². The smallest absolute Gasteiger partial charge is 1.00 e. The number of nitrogens with two attached hydrogens (primary N) is 1. The number of rotatable bonds is 14. The van der Waals surface area contributed by atoms with Gasteiger partial charge in [0.1, 0.15) is 0 Å². The second kappa shape index (κ2) is 15.8. The normalized spacial score (nSPS) is 12.9. The van der Waals surface area contributed by atoms with Crippen LogP contribution in [-0.4, -0.2) is 24.8 Å². The minimum atomic E-state index is -3.82. The number of unbranched alkanes of at least 4 members (excludes halogenated alkanes) is 8. The van der Waals surface area contributed by atoms with E-state index in [0.29, 0.717) is 12.8 Å². The van der Waals surface area contributed by atoms with Gasteiger partial charge in [-0.2, -0.15) is 8.42 Å². The Bertz CT molecular complexity index is 316. The molecule has 6 heteroatoms. The minimum Gasteiger partial charge on any atom is -1.00 e. The second-order valence-corrected chi connectivity index (χ2v) is 7.38. The van der Waals surface area contributed by atoms with E-state index < -0.39 is 10.1 Å². The molecule has 1 unspecified atom stereocenters. The van der Waals surface area contributed by atoms with Crippen LogP contribution in [0, 0.1) is 0 Å². The predicted octanol–water partition coefficient (Wildman–Crippen LogP) is 1.02. The van der Waals surface area contributed by atoms with Crippen LogP contribution in [0.15, 0.2) is 0 Å². The third-order valence-electron chi connectivity index (χ3n) is 3.66. The molecule has 0 aromatic rings. The third kappa shape index (κ3) is 20.9. The van der Waals surface area contributed by atoms with Gasteiger partial charge in [0.25, 0.3) is 10.1 Å². The summed E-state index contributed by atoms with van der Waals surface area (Å²) in [5.41, 5.74) is 5.92. The Morgan fingerprint density at radius 2 is 1.33 bits per heavy atom. The summed E-state index contributed by atoms with van der Waals surface area (Å²) in [6, 6.07) is 0.0707. The first-order chi connectivity index (χ1) is 9.45. The molecule has 0 aliphatic rings. The van der Waals surface area contributed by atoms with Crippen molar-refractivity contribution in [3.63, 3.8) is 0 Å². The Kier molecular flexibility index (Phi) is 18.1. The summed E-state index contributed by atoms with van der Waals surface area (Å²) in [5, 5.41) is 0. The molecule has 0 aromatic carbocycles.